The molecule has 1 N–H and O–H groups in total. The van der Waals surface area contributed by atoms with Crippen LogP contribution in [0.5, 0.6) is 5.75 Å². The summed E-state index contributed by atoms with van der Waals surface area (Å²) in [5.41, 5.74) is 2.10. The van der Waals surface area contributed by atoms with Crippen LogP contribution in [0, 0.1) is 5.92 Å². The normalized spacial score (nSPS) is 17.7. The number of benzene rings is 2. The Morgan fingerprint density at radius 1 is 0.906 bits per heavy atom. The summed E-state index contributed by atoms with van der Waals surface area (Å²) in [6, 6.07) is 17.5. The molecule has 32 heavy (non-hydrogen) atoms. The number of hydrogen-bond acceptors (Lipinski definition) is 4. The molecule has 0 radical (unpaired) electrons. The third-order valence-corrected chi connectivity index (χ3v) is 6.37. The van der Waals surface area contributed by atoms with E-state index in [0.717, 1.165) is 25.3 Å². The number of hydrogen-bond donors (Lipinski definition) is 1. The molecule has 0 unspecified atom stereocenters. The van der Waals surface area contributed by atoms with Crippen molar-refractivity contribution >= 4 is 17.5 Å². The average Bonchev–Trinajstić information content (AvgIpc) is 2.84. The van der Waals surface area contributed by atoms with E-state index in [4.69, 9.17) is 4.74 Å². The van der Waals surface area contributed by atoms with Crippen molar-refractivity contribution in [2.75, 3.05) is 38.1 Å². The number of nitrogens with zero attached hydrogens (tertiary/aromatic N) is 2. The van der Waals surface area contributed by atoms with Crippen LogP contribution >= 0.6 is 0 Å². The zero-order valence-electron chi connectivity index (χ0n) is 18.7. The first kappa shape index (κ1) is 22.3. The van der Waals surface area contributed by atoms with Crippen LogP contribution in [-0.4, -0.2) is 54.4 Å². The van der Waals surface area contributed by atoms with Crippen LogP contribution in [0.4, 0.5) is 5.69 Å². The number of carbonyl (C=O) groups excluding carboxylic acids is 2. The van der Waals surface area contributed by atoms with Gasteiger partial charge in [-0.2, -0.15) is 0 Å². The molecule has 2 heterocycles. The zero-order valence-corrected chi connectivity index (χ0v) is 18.7. The number of ether oxygens (including phenoxy) is 1. The van der Waals surface area contributed by atoms with Crippen molar-refractivity contribution in [1.29, 1.82) is 0 Å². The van der Waals surface area contributed by atoms with E-state index in [1.54, 1.807) is 4.90 Å². The Kier molecular flexibility index (Phi) is 7.77. The molecule has 2 aromatic rings. The fourth-order valence-corrected chi connectivity index (χ4v) is 4.51. The number of nitrogens with one attached hydrogen (secondary N) is 1. The highest BCUT2D eigenvalue weighted by Gasteiger charge is 2.27. The molecular weight excluding hydrogens is 402 g/mol. The zero-order chi connectivity index (χ0) is 22.2. The Balaban J connectivity index is 1.22. The molecule has 0 spiro atoms. The average molecular weight is 436 g/mol. The summed E-state index contributed by atoms with van der Waals surface area (Å²) >= 11 is 0. The molecule has 6 nitrogen and oxygen atoms in total. The molecule has 0 bridgehead atoms. The van der Waals surface area contributed by atoms with Crippen molar-refractivity contribution in [1.82, 2.24) is 9.80 Å². The van der Waals surface area contributed by atoms with Crippen molar-refractivity contribution in [2.24, 2.45) is 5.92 Å². The van der Waals surface area contributed by atoms with Gasteiger partial charge in [-0.05, 0) is 68.6 Å². The van der Waals surface area contributed by atoms with Gasteiger partial charge >= 0.3 is 0 Å². The van der Waals surface area contributed by atoms with E-state index in [1.807, 2.05) is 42.5 Å². The maximum atomic E-state index is 12.8. The Morgan fingerprint density at radius 3 is 2.41 bits per heavy atom. The first-order valence-corrected chi connectivity index (χ1v) is 11.8. The molecule has 2 fully saturated rings. The van der Waals surface area contributed by atoms with Gasteiger partial charge in [-0.3, -0.25) is 14.5 Å². The van der Waals surface area contributed by atoms with Gasteiger partial charge in [0.05, 0.1) is 0 Å². The molecule has 2 aromatic carbocycles. The topological polar surface area (TPSA) is 61.9 Å². The molecule has 6 heteroatoms. The van der Waals surface area contributed by atoms with Crippen molar-refractivity contribution < 1.29 is 14.3 Å². The maximum Gasteiger partial charge on any atom is 0.260 e. The largest absolute Gasteiger partial charge is 0.484 e. The van der Waals surface area contributed by atoms with Crippen molar-refractivity contribution in [3.8, 4) is 5.75 Å². The van der Waals surface area contributed by atoms with Gasteiger partial charge in [0.25, 0.3) is 5.91 Å². The lowest BCUT2D eigenvalue weighted by Crippen LogP contribution is -2.43. The standard InChI is InChI=1S/C26H33N3O3/c30-25(20-32-24-10-3-1-4-11-24)29-16-12-22(13-17-29)26(31)27-23-9-7-8-21(18-23)19-28-14-5-2-6-15-28/h1,3-4,7-11,18,22H,2,5-6,12-17,19-20H2,(H,27,31). The molecule has 0 aromatic heterocycles. The third kappa shape index (κ3) is 6.33. The molecule has 2 amide bonds. The Labute approximate surface area is 190 Å². The van der Waals surface area contributed by atoms with E-state index in [-0.39, 0.29) is 24.3 Å². The number of likely N-dealkylation sites (tertiary alicyclic amines) is 2. The minimum absolute atomic E-state index is 0.0295. The van der Waals surface area contributed by atoms with Gasteiger partial charge in [0.15, 0.2) is 6.61 Å². The lowest BCUT2D eigenvalue weighted by Gasteiger charge is -2.31. The number of carbonyl (C=O) groups is 2. The van der Waals surface area contributed by atoms with Crippen LogP contribution in [0.3, 0.4) is 0 Å². The summed E-state index contributed by atoms with van der Waals surface area (Å²) in [5, 5.41) is 3.09. The number of piperidine rings is 2. The quantitative estimate of drug-likeness (QED) is 0.716. The summed E-state index contributed by atoms with van der Waals surface area (Å²) < 4.78 is 5.57. The van der Waals surface area contributed by atoms with Gasteiger partial charge < -0.3 is 15.0 Å². The van der Waals surface area contributed by atoms with Crippen molar-refractivity contribution in [3.05, 3.63) is 60.2 Å². The van der Waals surface area contributed by atoms with Gasteiger partial charge in [0.2, 0.25) is 5.91 Å². The Hall–Kier alpha value is -2.86. The number of para-hydroxylation sites is 1. The molecule has 0 saturated carbocycles. The van der Waals surface area contributed by atoms with Crippen LogP contribution in [-0.2, 0) is 16.1 Å². The summed E-state index contributed by atoms with van der Waals surface area (Å²) in [5.74, 6) is 0.642. The molecule has 170 valence electrons. The fraction of sp³-hybridized carbons (Fsp3) is 0.462. The second-order valence-electron chi connectivity index (χ2n) is 8.78. The highest BCUT2D eigenvalue weighted by atomic mass is 16.5. The van der Waals surface area contributed by atoms with Gasteiger partial charge in [-0.1, -0.05) is 36.8 Å². The highest BCUT2D eigenvalue weighted by Crippen LogP contribution is 2.21. The summed E-state index contributed by atoms with van der Waals surface area (Å²) in [6.45, 7) is 4.46. The minimum atomic E-state index is -0.0696. The second kappa shape index (κ2) is 11.1. The van der Waals surface area contributed by atoms with Crippen molar-refractivity contribution in [2.45, 2.75) is 38.6 Å². The molecule has 0 aliphatic carbocycles. The van der Waals surface area contributed by atoms with E-state index >= 15 is 0 Å². The monoisotopic (exact) mass is 435 g/mol. The van der Waals surface area contributed by atoms with E-state index in [2.05, 4.69) is 22.3 Å². The van der Waals surface area contributed by atoms with Gasteiger partial charge in [0, 0.05) is 31.2 Å². The van der Waals surface area contributed by atoms with E-state index in [0.29, 0.717) is 31.7 Å². The molecule has 0 atom stereocenters. The first-order chi connectivity index (χ1) is 15.7. The maximum absolute atomic E-state index is 12.8. The smallest absolute Gasteiger partial charge is 0.260 e. The van der Waals surface area contributed by atoms with Crippen LogP contribution in [0.1, 0.15) is 37.7 Å². The second-order valence-corrected chi connectivity index (χ2v) is 8.78. The molecular formula is C26H33N3O3. The number of rotatable bonds is 7. The SMILES string of the molecule is O=C(Nc1cccc(CN2CCCCC2)c1)C1CCN(C(=O)COc2ccccc2)CC1. The van der Waals surface area contributed by atoms with E-state index in [9.17, 15) is 9.59 Å². The number of amides is 2. The Bertz CT molecular complexity index is 888. The summed E-state index contributed by atoms with van der Waals surface area (Å²) in [7, 11) is 0. The predicted molar refractivity (Wildman–Crippen MR) is 125 cm³/mol. The van der Waals surface area contributed by atoms with Crippen LogP contribution in [0.15, 0.2) is 54.6 Å². The van der Waals surface area contributed by atoms with Crippen LogP contribution < -0.4 is 10.1 Å². The number of anilines is 1. The van der Waals surface area contributed by atoms with Gasteiger partial charge in [-0.15, -0.1) is 0 Å². The summed E-state index contributed by atoms with van der Waals surface area (Å²) in [4.78, 5) is 29.5. The lowest BCUT2D eigenvalue weighted by atomic mass is 9.95. The van der Waals surface area contributed by atoms with E-state index in [1.165, 1.54) is 24.8 Å². The lowest BCUT2D eigenvalue weighted by molar-refractivity contribution is -0.136. The van der Waals surface area contributed by atoms with E-state index < -0.39 is 0 Å². The van der Waals surface area contributed by atoms with Gasteiger partial charge in [-0.25, -0.2) is 0 Å². The Morgan fingerprint density at radius 2 is 1.66 bits per heavy atom. The molecule has 4 rings (SSSR count). The molecule has 2 saturated heterocycles. The van der Waals surface area contributed by atoms with Crippen LogP contribution in [0.25, 0.3) is 0 Å². The highest BCUT2D eigenvalue weighted by molar-refractivity contribution is 5.92. The van der Waals surface area contributed by atoms with Crippen molar-refractivity contribution in [3.63, 3.8) is 0 Å². The minimum Gasteiger partial charge on any atom is -0.484 e. The first-order valence-electron chi connectivity index (χ1n) is 11.8. The third-order valence-electron chi connectivity index (χ3n) is 6.37. The summed E-state index contributed by atoms with van der Waals surface area (Å²) in [6.07, 6.45) is 5.23. The molecule has 2 aliphatic rings. The van der Waals surface area contributed by atoms with Crippen LogP contribution in [0.2, 0.25) is 0 Å². The fourth-order valence-electron chi connectivity index (χ4n) is 4.51. The predicted octanol–water partition coefficient (Wildman–Crippen LogP) is 3.93. The molecule has 2 aliphatic heterocycles. The van der Waals surface area contributed by atoms with Gasteiger partial charge in [0.1, 0.15) is 5.75 Å².